The second-order valence-electron chi connectivity index (χ2n) is 5.62. The average Bonchev–Trinajstić information content (AvgIpc) is 3.14. The van der Waals surface area contributed by atoms with Crippen molar-refractivity contribution in [2.75, 3.05) is 37.6 Å². The molecule has 1 saturated heterocycles. The van der Waals surface area contributed by atoms with Crippen LogP contribution in [-0.4, -0.2) is 48.6 Å². The molecule has 0 radical (unpaired) electrons. The van der Waals surface area contributed by atoms with E-state index in [-0.39, 0.29) is 0 Å². The lowest BCUT2D eigenvalue weighted by molar-refractivity contribution is 0.380. The van der Waals surface area contributed by atoms with Crippen LogP contribution in [0.5, 0.6) is 0 Å². The van der Waals surface area contributed by atoms with Crippen molar-refractivity contribution >= 4 is 22.4 Å². The molecule has 23 heavy (non-hydrogen) atoms. The van der Waals surface area contributed by atoms with Gasteiger partial charge in [0.25, 0.3) is 0 Å². The molecule has 0 saturated carbocycles. The first-order valence-electron chi connectivity index (χ1n) is 8.06. The molecule has 1 aliphatic heterocycles. The van der Waals surface area contributed by atoms with Crippen LogP contribution < -0.4 is 10.6 Å². The fourth-order valence-electron chi connectivity index (χ4n) is 2.72. The second kappa shape index (κ2) is 7.97. The summed E-state index contributed by atoms with van der Waals surface area (Å²) in [5.41, 5.74) is 7.50. The highest BCUT2D eigenvalue weighted by Crippen LogP contribution is 2.18. The molecule has 1 aromatic heterocycles. The molecule has 2 aromatic rings. The van der Waals surface area contributed by atoms with Gasteiger partial charge in [0.1, 0.15) is 0 Å². The third-order valence-corrected chi connectivity index (χ3v) is 4.87. The van der Waals surface area contributed by atoms with Crippen molar-refractivity contribution in [1.82, 2.24) is 9.88 Å². The molecule has 0 spiro atoms. The molecular formula is C17H23N5S. The predicted molar refractivity (Wildman–Crippen MR) is 97.2 cm³/mol. The van der Waals surface area contributed by atoms with E-state index < -0.39 is 0 Å². The van der Waals surface area contributed by atoms with E-state index in [0.29, 0.717) is 5.96 Å². The number of nitrogens with two attached hydrogens (primary N) is 1. The zero-order valence-corrected chi connectivity index (χ0v) is 14.1. The smallest absolute Gasteiger partial charge is 0.191 e. The molecule has 2 heterocycles. The van der Waals surface area contributed by atoms with Crippen LogP contribution in [-0.2, 0) is 6.42 Å². The third kappa shape index (κ3) is 4.45. The van der Waals surface area contributed by atoms with Gasteiger partial charge in [-0.1, -0.05) is 30.3 Å². The standard InChI is InChI=1S/C17H23N5S/c18-16(19-8-4-7-15-5-2-1-3-6-15)21-10-12-22(13-11-21)17-20-9-14-23-17/h1-3,5-6,9,14H,4,7-8,10-13H2,(H2,18,19). The summed E-state index contributed by atoms with van der Waals surface area (Å²) in [6.07, 6.45) is 3.94. The molecule has 6 heteroatoms. The highest BCUT2D eigenvalue weighted by molar-refractivity contribution is 7.13. The Hall–Kier alpha value is -2.08. The van der Waals surface area contributed by atoms with Gasteiger partial charge in [-0.15, -0.1) is 11.3 Å². The summed E-state index contributed by atoms with van der Waals surface area (Å²) in [5, 5.41) is 3.12. The van der Waals surface area contributed by atoms with Gasteiger partial charge in [-0.25, -0.2) is 4.98 Å². The molecule has 0 amide bonds. The lowest BCUT2D eigenvalue weighted by Gasteiger charge is -2.35. The monoisotopic (exact) mass is 329 g/mol. The fraction of sp³-hybridized carbons (Fsp3) is 0.412. The minimum absolute atomic E-state index is 0.678. The van der Waals surface area contributed by atoms with E-state index in [2.05, 4.69) is 44.0 Å². The largest absolute Gasteiger partial charge is 0.370 e. The molecule has 2 N–H and O–H groups in total. The minimum Gasteiger partial charge on any atom is -0.370 e. The van der Waals surface area contributed by atoms with Crippen molar-refractivity contribution in [2.45, 2.75) is 12.8 Å². The van der Waals surface area contributed by atoms with E-state index in [1.165, 1.54) is 5.56 Å². The van der Waals surface area contributed by atoms with Gasteiger partial charge >= 0.3 is 0 Å². The highest BCUT2D eigenvalue weighted by Gasteiger charge is 2.19. The van der Waals surface area contributed by atoms with Crippen molar-refractivity contribution in [3.05, 3.63) is 47.5 Å². The summed E-state index contributed by atoms with van der Waals surface area (Å²) >= 11 is 1.69. The Bertz CT molecular complexity index is 603. The summed E-state index contributed by atoms with van der Waals surface area (Å²) in [5.74, 6) is 0.678. The Morgan fingerprint density at radius 3 is 2.65 bits per heavy atom. The Labute approximate surface area is 141 Å². The third-order valence-electron chi connectivity index (χ3n) is 4.03. The van der Waals surface area contributed by atoms with Crippen LogP contribution in [0.4, 0.5) is 5.13 Å². The number of guanidine groups is 1. The Morgan fingerprint density at radius 2 is 1.96 bits per heavy atom. The number of aliphatic imine (C=N–C) groups is 1. The number of benzene rings is 1. The van der Waals surface area contributed by atoms with E-state index in [4.69, 9.17) is 5.73 Å². The zero-order valence-electron chi connectivity index (χ0n) is 13.3. The van der Waals surface area contributed by atoms with Crippen LogP contribution in [0.2, 0.25) is 0 Å². The van der Waals surface area contributed by atoms with Crippen molar-refractivity contribution < 1.29 is 0 Å². The molecule has 122 valence electrons. The molecule has 0 bridgehead atoms. The Balaban J connectivity index is 1.41. The van der Waals surface area contributed by atoms with E-state index in [0.717, 1.165) is 50.7 Å². The summed E-state index contributed by atoms with van der Waals surface area (Å²) in [7, 11) is 0. The molecular weight excluding hydrogens is 306 g/mol. The number of aryl methyl sites for hydroxylation is 1. The van der Waals surface area contributed by atoms with Gasteiger partial charge in [-0.05, 0) is 18.4 Å². The topological polar surface area (TPSA) is 57.8 Å². The minimum atomic E-state index is 0.678. The molecule has 1 aliphatic rings. The Morgan fingerprint density at radius 1 is 1.17 bits per heavy atom. The summed E-state index contributed by atoms with van der Waals surface area (Å²) in [6, 6.07) is 10.5. The number of nitrogens with zero attached hydrogens (tertiary/aromatic N) is 4. The number of rotatable bonds is 5. The normalized spacial score (nSPS) is 15.9. The van der Waals surface area contributed by atoms with Gasteiger partial charge in [-0.2, -0.15) is 0 Å². The van der Waals surface area contributed by atoms with E-state index in [9.17, 15) is 0 Å². The van der Waals surface area contributed by atoms with Crippen LogP contribution >= 0.6 is 11.3 Å². The van der Waals surface area contributed by atoms with Crippen LogP contribution in [0.1, 0.15) is 12.0 Å². The number of anilines is 1. The predicted octanol–water partition coefficient (Wildman–Crippen LogP) is 2.21. The summed E-state index contributed by atoms with van der Waals surface area (Å²) in [6.45, 7) is 4.51. The number of aromatic nitrogens is 1. The molecule has 0 atom stereocenters. The fourth-order valence-corrected chi connectivity index (χ4v) is 3.42. The number of piperazine rings is 1. The SMILES string of the molecule is NC(=NCCCc1ccccc1)N1CCN(c2nccs2)CC1. The van der Waals surface area contributed by atoms with Crippen molar-refractivity contribution in [3.8, 4) is 0 Å². The van der Waals surface area contributed by atoms with Gasteiger partial charge in [0, 0.05) is 44.3 Å². The maximum Gasteiger partial charge on any atom is 0.191 e. The van der Waals surface area contributed by atoms with Crippen molar-refractivity contribution in [3.63, 3.8) is 0 Å². The molecule has 0 unspecified atom stereocenters. The van der Waals surface area contributed by atoms with Gasteiger partial charge in [-0.3, -0.25) is 4.99 Å². The first kappa shape index (κ1) is 15.8. The summed E-state index contributed by atoms with van der Waals surface area (Å²) < 4.78 is 0. The maximum absolute atomic E-state index is 6.14. The quantitative estimate of drug-likeness (QED) is 0.519. The van der Waals surface area contributed by atoms with Gasteiger partial charge in [0.15, 0.2) is 11.1 Å². The highest BCUT2D eigenvalue weighted by atomic mass is 32.1. The zero-order chi connectivity index (χ0) is 15.9. The number of hydrogen-bond acceptors (Lipinski definition) is 4. The van der Waals surface area contributed by atoms with Crippen molar-refractivity contribution in [2.24, 2.45) is 10.7 Å². The lowest BCUT2D eigenvalue weighted by atomic mass is 10.1. The second-order valence-corrected chi connectivity index (χ2v) is 6.49. The maximum atomic E-state index is 6.14. The van der Waals surface area contributed by atoms with Gasteiger partial charge in [0.05, 0.1) is 0 Å². The van der Waals surface area contributed by atoms with E-state index >= 15 is 0 Å². The van der Waals surface area contributed by atoms with Crippen LogP contribution in [0, 0.1) is 0 Å². The van der Waals surface area contributed by atoms with Gasteiger partial charge in [0.2, 0.25) is 0 Å². The van der Waals surface area contributed by atoms with Crippen LogP contribution in [0.15, 0.2) is 46.9 Å². The average molecular weight is 329 g/mol. The van der Waals surface area contributed by atoms with Crippen molar-refractivity contribution in [1.29, 1.82) is 0 Å². The Kier molecular flexibility index (Phi) is 5.47. The molecule has 3 rings (SSSR count). The van der Waals surface area contributed by atoms with Gasteiger partial charge < -0.3 is 15.5 Å². The molecule has 0 aliphatic carbocycles. The summed E-state index contributed by atoms with van der Waals surface area (Å²) in [4.78, 5) is 13.4. The molecule has 1 aromatic carbocycles. The van der Waals surface area contributed by atoms with Crippen LogP contribution in [0.3, 0.4) is 0 Å². The first-order chi connectivity index (χ1) is 11.3. The van der Waals surface area contributed by atoms with Crippen LogP contribution in [0.25, 0.3) is 0 Å². The number of hydrogen-bond donors (Lipinski definition) is 1. The lowest BCUT2D eigenvalue weighted by Crippen LogP contribution is -2.51. The molecule has 5 nitrogen and oxygen atoms in total. The number of thiazole rings is 1. The van der Waals surface area contributed by atoms with E-state index in [1.54, 1.807) is 11.3 Å². The van der Waals surface area contributed by atoms with E-state index in [1.807, 2.05) is 17.6 Å². The molecule has 1 fully saturated rings. The first-order valence-corrected chi connectivity index (χ1v) is 8.94.